The van der Waals surface area contributed by atoms with E-state index in [2.05, 4.69) is 0 Å². The van der Waals surface area contributed by atoms with Crippen molar-refractivity contribution >= 4 is 6.16 Å². The summed E-state index contributed by atoms with van der Waals surface area (Å²) in [4.78, 5) is 8.56. The van der Waals surface area contributed by atoms with Gasteiger partial charge in [0.15, 0.2) is 0 Å². The highest BCUT2D eigenvalue weighted by molar-refractivity contribution is 5.53. The van der Waals surface area contributed by atoms with E-state index in [1.807, 2.05) is 0 Å². The van der Waals surface area contributed by atoms with Crippen LogP contribution in [-0.2, 0) is 0 Å². The van der Waals surface area contributed by atoms with Crippen LogP contribution in [0, 0.1) is 0 Å². The first-order valence-corrected chi connectivity index (χ1v) is 2.33. The summed E-state index contributed by atoms with van der Waals surface area (Å²) in [6, 6.07) is 0. The third kappa shape index (κ3) is 17.6. The van der Waals surface area contributed by atoms with Crippen LogP contribution in [-0.4, -0.2) is 38.8 Å². The molecule has 0 amide bonds. The van der Waals surface area contributed by atoms with Crippen molar-refractivity contribution in [2.75, 3.05) is 0 Å². The maximum Gasteiger partial charge on any atom is 0.503 e. The van der Waals surface area contributed by atoms with Gasteiger partial charge in [-0.1, -0.05) is 0 Å². The molecule has 0 aromatic carbocycles. The molecule has 68 valence electrons. The van der Waals surface area contributed by atoms with Gasteiger partial charge in [-0.15, -0.1) is 0 Å². The lowest BCUT2D eigenvalue weighted by atomic mass is 10.4. The molecule has 0 heterocycles. The zero-order chi connectivity index (χ0) is 9.65. The van der Waals surface area contributed by atoms with Crippen molar-refractivity contribution in [1.82, 2.24) is 0 Å². The molecule has 0 aliphatic rings. The fourth-order valence-electron chi connectivity index (χ4n) is 0. The second kappa shape index (κ2) is 4.80. The summed E-state index contributed by atoms with van der Waals surface area (Å²) < 4.78 is 22.6. The first-order valence-electron chi connectivity index (χ1n) is 2.33. The SMILES string of the molecule is CC(O)(F)C(O)F.O=C(O)O. The molecule has 0 saturated heterocycles. The predicted molar refractivity (Wildman–Crippen MR) is 29.5 cm³/mol. The molecular weight excluding hydrogens is 166 g/mol. The maximum absolute atomic E-state index is 11.4. The molecule has 7 heteroatoms. The lowest BCUT2D eigenvalue weighted by molar-refractivity contribution is -0.204. The Bertz CT molecular complexity index is 114. The second-order valence-corrected chi connectivity index (χ2v) is 1.64. The Morgan fingerprint density at radius 3 is 1.64 bits per heavy atom. The highest BCUT2D eigenvalue weighted by Crippen LogP contribution is 2.10. The van der Waals surface area contributed by atoms with Crippen LogP contribution >= 0.6 is 0 Å². The normalized spacial score (nSPS) is 17.2. The highest BCUT2D eigenvalue weighted by Gasteiger charge is 2.28. The molecule has 0 spiro atoms. The number of carboxylic acid groups (broad SMARTS) is 2. The smallest absolute Gasteiger partial charge is 0.450 e. The number of carbonyl (C=O) groups is 1. The van der Waals surface area contributed by atoms with Gasteiger partial charge in [-0.3, -0.25) is 0 Å². The molecule has 2 unspecified atom stereocenters. The Hall–Kier alpha value is -0.950. The summed E-state index contributed by atoms with van der Waals surface area (Å²) in [5.74, 6) is -3.11. The van der Waals surface area contributed by atoms with Gasteiger partial charge in [-0.25, -0.2) is 13.6 Å². The fraction of sp³-hybridized carbons (Fsp3) is 0.750. The Labute approximate surface area is 60.5 Å². The van der Waals surface area contributed by atoms with Gasteiger partial charge in [0, 0.05) is 0 Å². The van der Waals surface area contributed by atoms with Gasteiger partial charge in [-0.05, 0) is 6.92 Å². The van der Waals surface area contributed by atoms with Crippen LogP contribution in [0.3, 0.4) is 0 Å². The van der Waals surface area contributed by atoms with E-state index in [0.717, 1.165) is 0 Å². The minimum absolute atomic E-state index is 0.525. The third-order valence-electron chi connectivity index (χ3n) is 0.435. The monoisotopic (exact) mass is 174 g/mol. The molecule has 0 bridgehead atoms. The molecular formula is C4H8F2O5. The zero-order valence-corrected chi connectivity index (χ0v) is 5.53. The molecule has 0 aliphatic heterocycles. The molecule has 4 N–H and O–H groups in total. The first-order chi connectivity index (χ1) is 4.68. The zero-order valence-electron chi connectivity index (χ0n) is 5.53. The second-order valence-electron chi connectivity index (χ2n) is 1.64. The van der Waals surface area contributed by atoms with E-state index in [9.17, 15) is 8.78 Å². The van der Waals surface area contributed by atoms with Crippen molar-refractivity contribution in [3.05, 3.63) is 0 Å². The number of hydrogen-bond acceptors (Lipinski definition) is 3. The third-order valence-corrected chi connectivity index (χ3v) is 0.435. The number of rotatable bonds is 1. The van der Waals surface area contributed by atoms with Gasteiger partial charge in [0.2, 0.25) is 0 Å². The Kier molecular flexibility index (Phi) is 5.55. The molecule has 0 aliphatic carbocycles. The molecule has 0 aromatic rings. The van der Waals surface area contributed by atoms with Gasteiger partial charge in [0.25, 0.3) is 12.2 Å². The summed E-state index contributed by atoms with van der Waals surface area (Å²) in [7, 11) is 0. The molecule has 0 radical (unpaired) electrons. The number of aliphatic hydroxyl groups excluding tert-OH is 1. The lowest BCUT2D eigenvalue weighted by Gasteiger charge is -2.11. The lowest BCUT2D eigenvalue weighted by Crippen LogP contribution is -2.30. The Balaban J connectivity index is 0. The summed E-state index contributed by atoms with van der Waals surface area (Å²) in [6.45, 7) is 0.525. The summed E-state index contributed by atoms with van der Waals surface area (Å²) in [5.41, 5.74) is 0. The molecule has 2 atom stereocenters. The summed E-state index contributed by atoms with van der Waals surface area (Å²) >= 11 is 0. The molecule has 5 nitrogen and oxygen atoms in total. The largest absolute Gasteiger partial charge is 0.503 e. The van der Waals surface area contributed by atoms with Crippen molar-refractivity contribution < 1.29 is 34.0 Å². The molecule has 0 aromatic heterocycles. The average Bonchev–Trinajstić information content (AvgIpc) is 1.59. The number of halogens is 2. The molecule has 0 fully saturated rings. The Morgan fingerprint density at radius 2 is 1.64 bits per heavy atom. The van der Waals surface area contributed by atoms with Gasteiger partial charge >= 0.3 is 6.16 Å². The van der Waals surface area contributed by atoms with Crippen LogP contribution in [0.15, 0.2) is 0 Å². The number of hydrogen-bond donors (Lipinski definition) is 4. The number of alkyl halides is 2. The summed E-state index contributed by atoms with van der Waals surface area (Å²) in [5, 5.41) is 29.3. The van der Waals surface area contributed by atoms with Gasteiger partial charge in [0.05, 0.1) is 0 Å². The maximum atomic E-state index is 11.4. The van der Waals surface area contributed by atoms with Crippen molar-refractivity contribution in [3.63, 3.8) is 0 Å². The predicted octanol–water partition coefficient (Wildman–Crippen LogP) is 0.175. The van der Waals surface area contributed by atoms with Gasteiger partial charge in [0.1, 0.15) is 0 Å². The van der Waals surface area contributed by atoms with Crippen LogP contribution in [0.5, 0.6) is 0 Å². The summed E-state index contributed by atoms with van der Waals surface area (Å²) in [6.07, 6.45) is -4.65. The molecule has 0 rings (SSSR count). The van der Waals surface area contributed by atoms with E-state index in [1.54, 1.807) is 0 Å². The van der Waals surface area contributed by atoms with Gasteiger partial charge < -0.3 is 20.4 Å². The Morgan fingerprint density at radius 1 is 1.55 bits per heavy atom. The van der Waals surface area contributed by atoms with E-state index in [1.165, 1.54) is 0 Å². The van der Waals surface area contributed by atoms with E-state index in [0.29, 0.717) is 6.92 Å². The molecule has 11 heavy (non-hydrogen) atoms. The van der Waals surface area contributed by atoms with Crippen LogP contribution in [0.25, 0.3) is 0 Å². The van der Waals surface area contributed by atoms with Crippen LogP contribution in [0.2, 0.25) is 0 Å². The number of aliphatic hydroxyl groups is 2. The topological polar surface area (TPSA) is 98.0 Å². The van der Waals surface area contributed by atoms with E-state index in [-0.39, 0.29) is 0 Å². The van der Waals surface area contributed by atoms with Crippen molar-refractivity contribution in [2.45, 2.75) is 19.1 Å². The highest BCUT2D eigenvalue weighted by atomic mass is 19.2. The van der Waals surface area contributed by atoms with Crippen LogP contribution < -0.4 is 0 Å². The first kappa shape index (κ1) is 12.7. The van der Waals surface area contributed by atoms with E-state index in [4.69, 9.17) is 25.2 Å². The van der Waals surface area contributed by atoms with Crippen LogP contribution in [0.1, 0.15) is 6.92 Å². The van der Waals surface area contributed by atoms with E-state index < -0.39 is 18.4 Å². The fourth-order valence-corrected chi connectivity index (χ4v) is 0. The van der Waals surface area contributed by atoms with Crippen molar-refractivity contribution in [1.29, 1.82) is 0 Å². The minimum atomic E-state index is -3.11. The minimum Gasteiger partial charge on any atom is -0.450 e. The van der Waals surface area contributed by atoms with Crippen LogP contribution in [0.4, 0.5) is 13.6 Å². The van der Waals surface area contributed by atoms with Crippen molar-refractivity contribution in [3.8, 4) is 0 Å². The van der Waals surface area contributed by atoms with Gasteiger partial charge in [-0.2, -0.15) is 0 Å². The average molecular weight is 174 g/mol. The van der Waals surface area contributed by atoms with E-state index >= 15 is 0 Å². The van der Waals surface area contributed by atoms with Crippen molar-refractivity contribution in [2.24, 2.45) is 0 Å². The molecule has 0 saturated carbocycles. The standard InChI is InChI=1S/C3H6F2O2.CH2O3/c1-3(5,7)2(4)6;2-1(3)4/h2,6-7H,1H3;(H2,2,3,4). The quantitative estimate of drug-likeness (QED) is 0.454.